The van der Waals surface area contributed by atoms with E-state index >= 15 is 0 Å². The maximum absolute atomic E-state index is 12.2. The Morgan fingerprint density at radius 3 is 2.52 bits per heavy atom. The van der Waals surface area contributed by atoms with Crippen molar-refractivity contribution >= 4 is 39.1 Å². The third-order valence-electron chi connectivity index (χ3n) is 2.71. The fraction of sp³-hybridized carbons (Fsp3) is 0.143. The van der Waals surface area contributed by atoms with Crippen LogP contribution in [0.2, 0.25) is 5.02 Å². The average molecular weight is 372 g/mol. The zero-order valence-corrected chi connectivity index (χ0v) is 13.7. The highest BCUT2D eigenvalue weighted by atomic mass is 79.9. The average Bonchev–Trinajstić information content (AvgIpc) is 2.48. The number of ether oxygens (including phenoxy) is 2. The lowest BCUT2D eigenvalue weighted by Gasteiger charge is -2.13. The third-order valence-corrected chi connectivity index (χ3v) is 3.48. The summed E-state index contributed by atoms with van der Waals surface area (Å²) in [5, 5.41) is 3.11. The van der Waals surface area contributed by atoms with Gasteiger partial charge in [-0.2, -0.15) is 0 Å². The molecular weight excluding hydrogens is 360 g/mol. The number of methoxy groups -OCH3 is 2. The minimum absolute atomic E-state index is 0.311. The van der Waals surface area contributed by atoms with Crippen molar-refractivity contribution in [3.8, 4) is 11.5 Å². The fourth-order valence-corrected chi connectivity index (χ4v) is 2.14. The molecule has 7 heteroatoms. The number of pyridine rings is 1. The molecule has 0 unspecified atom stereocenters. The van der Waals surface area contributed by atoms with E-state index in [4.69, 9.17) is 21.1 Å². The van der Waals surface area contributed by atoms with Crippen LogP contribution in [0.3, 0.4) is 0 Å². The van der Waals surface area contributed by atoms with Crippen molar-refractivity contribution in [3.05, 3.63) is 45.7 Å². The molecule has 0 aliphatic heterocycles. The molecule has 21 heavy (non-hydrogen) atoms. The van der Waals surface area contributed by atoms with Crippen LogP contribution >= 0.6 is 27.5 Å². The molecule has 0 aliphatic carbocycles. The number of carbonyl (C=O) groups excluding carboxylic acids is 1. The lowest BCUT2D eigenvalue weighted by atomic mass is 10.2. The molecule has 1 N–H and O–H groups in total. The summed E-state index contributed by atoms with van der Waals surface area (Å²) < 4.78 is 11.0. The van der Waals surface area contributed by atoms with Gasteiger partial charge in [0.25, 0.3) is 5.91 Å². The molecule has 0 aliphatic rings. The third kappa shape index (κ3) is 3.65. The quantitative estimate of drug-likeness (QED) is 0.831. The zero-order valence-electron chi connectivity index (χ0n) is 11.3. The summed E-state index contributed by atoms with van der Waals surface area (Å²) in [4.78, 5) is 16.2. The van der Waals surface area contributed by atoms with Gasteiger partial charge in [0, 0.05) is 12.3 Å². The number of rotatable bonds is 4. The number of carbonyl (C=O) groups is 1. The van der Waals surface area contributed by atoms with Crippen LogP contribution in [-0.4, -0.2) is 25.1 Å². The van der Waals surface area contributed by atoms with Crippen molar-refractivity contribution < 1.29 is 14.3 Å². The molecule has 0 saturated carbocycles. The first kappa shape index (κ1) is 15.6. The Morgan fingerprint density at radius 2 is 1.95 bits per heavy atom. The van der Waals surface area contributed by atoms with Crippen LogP contribution in [0.1, 0.15) is 10.4 Å². The van der Waals surface area contributed by atoms with Crippen LogP contribution in [0, 0.1) is 0 Å². The smallest absolute Gasteiger partial charge is 0.257 e. The SMILES string of the molecule is COc1cc(OC)c(NC(=O)c2ccc(Br)nc2)cc1Cl. The van der Waals surface area contributed by atoms with E-state index in [1.165, 1.54) is 20.4 Å². The van der Waals surface area contributed by atoms with Crippen molar-refractivity contribution in [1.29, 1.82) is 0 Å². The van der Waals surface area contributed by atoms with E-state index in [2.05, 4.69) is 26.2 Å². The van der Waals surface area contributed by atoms with Crippen molar-refractivity contribution in [3.63, 3.8) is 0 Å². The second-order valence-corrected chi connectivity index (χ2v) is 5.23. The molecule has 1 aromatic carbocycles. The zero-order chi connectivity index (χ0) is 15.4. The fourth-order valence-electron chi connectivity index (χ4n) is 1.66. The first-order chi connectivity index (χ1) is 10.0. The predicted molar refractivity (Wildman–Crippen MR) is 84.4 cm³/mol. The topological polar surface area (TPSA) is 60.5 Å². The van der Waals surface area contributed by atoms with Crippen LogP contribution in [-0.2, 0) is 0 Å². The van der Waals surface area contributed by atoms with Crippen LogP contribution < -0.4 is 14.8 Å². The molecule has 0 saturated heterocycles. The molecule has 0 spiro atoms. The summed E-state index contributed by atoms with van der Waals surface area (Å²) in [6, 6.07) is 6.53. The summed E-state index contributed by atoms with van der Waals surface area (Å²) >= 11 is 9.27. The van der Waals surface area contributed by atoms with E-state index in [0.717, 1.165) is 0 Å². The number of anilines is 1. The first-order valence-electron chi connectivity index (χ1n) is 5.89. The van der Waals surface area contributed by atoms with E-state index in [1.54, 1.807) is 24.3 Å². The number of hydrogen-bond donors (Lipinski definition) is 1. The van der Waals surface area contributed by atoms with Gasteiger partial charge in [-0.05, 0) is 34.1 Å². The highest BCUT2D eigenvalue weighted by Crippen LogP contribution is 2.36. The molecule has 0 radical (unpaired) electrons. The maximum atomic E-state index is 12.2. The molecule has 5 nitrogen and oxygen atoms in total. The molecule has 2 aromatic rings. The largest absolute Gasteiger partial charge is 0.495 e. The van der Waals surface area contributed by atoms with E-state index in [-0.39, 0.29) is 5.91 Å². The van der Waals surface area contributed by atoms with Crippen LogP contribution in [0.4, 0.5) is 5.69 Å². The Kier molecular flexibility index (Phi) is 5.03. The van der Waals surface area contributed by atoms with Gasteiger partial charge in [-0.3, -0.25) is 4.79 Å². The number of aromatic nitrogens is 1. The molecule has 1 heterocycles. The van der Waals surface area contributed by atoms with Crippen molar-refractivity contribution in [2.45, 2.75) is 0 Å². The monoisotopic (exact) mass is 370 g/mol. The molecule has 2 rings (SSSR count). The van der Waals surface area contributed by atoms with Gasteiger partial charge in [-0.25, -0.2) is 4.98 Å². The number of nitrogens with zero attached hydrogens (tertiary/aromatic N) is 1. The van der Waals surface area contributed by atoms with Gasteiger partial charge < -0.3 is 14.8 Å². The van der Waals surface area contributed by atoms with Crippen molar-refractivity contribution in [2.75, 3.05) is 19.5 Å². The first-order valence-corrected chi connectivity index (χ1v) is 7.06. The van der Waals surface area contributed by atoms with Crippen LogP contribution in [0.15, 0.2) is 35.1 Å². The minimum Gasteiger partial charge on any atom is -0.495 e. The van der Waals surface area contributed by atoms with E-state index in [9.17, 15) is 4.79 Å². The second-order valence-electron chi connectivity index (χ2n) is 4.01. The molecule has 0 bridgehead atoms. The van der Waals surface area contributed by atoms with Gasteiger partial charge in [0.15, 0.2) is 0 Å². The number of amides is 1. The summed E-state index contributed by atoms with van der Waals surface area (Å²) in [6.45, 7) is 0. The molecule has 1 amide bonds. The summed E-state index contributed by atoms with van der Waals surface area (Å²) in [7, 11) is 3.01. The lowest BCUT2D eigenvalue weighted by molar-refractivity contribution is 0.102. The Balaban J connectivity index is 2.28. The molecule has 1 aromatic heterocycles. The molecule has 110 valence electrons. The van der Waals surface area contributed by atoms with Gasteiger partial charge in [-0.1, -0.05) is 11.6 Å². The number of benzene rings is 1. The molecule has 0 fully saturated rings. The summed E-state index contributed by atoms with van der Waals surface area (Å²) in [5.41, 5.74) is 0.878. The Labute approximate surface area is 135 Å². The van der Waals surface area contributed by atoms with E-state index in [1.807, 2.05) is 0 Å². The summed E-state index contributed by atoms with van der Waals surface area (Å²) in [6.07, 6.45) is 1.47. The Bertz CT molecular complexity index is 662. The molecular formula is C14H12BrClN2O3. The van der Waals surface area contributed by atoms with Gasteiger partial charge in [0.1, 0.15) is 16.1 Å². The van der Waals surface area contributed by atoms with Gasteiger partial charge in [0.05, 0.1) is 30.5 Å². The standard InChI is InChI=1S/C14H12BrClN2O3/c1-20-11-6-12(21-2)10(5-9(11)16)18-14(19)8-3-4-13(15)17-7-8/h3-7H,1-2H3,(H,18,19). The van der Waals surface area contributed by atoms with Crippen LogP contribution in [0.25, 0.3) is 0 Å². The Morgan fingerprint density at radius 1 is 1.24 bits per heavy atom. The van der Waals surface area contributed by atoms with Crippen molar-refractivity contribution in [2.24, 2.45) is 0 Å². The van der Waals surface area contributed by atoms with Crippen molar-refractivity contribution in [1.82, 2.24) is 4.98 Å². The predicted octanol–water partition coefficient (Wildman–Crippen LogP) is 3.77. The number of nitrogens with one attached hydrogen (secondary N) is 1. The number of halogens is 2. The van der Waals surface area contributed by atoms with Gasteiger partial charge in [0.2, 0.25) is 0 Å². The van der Waals surface area contributed by atoms with Crippen LogP contribution in [0.5, 0.6) is 11.5 Å². The second kappa shape index (κ2) is 6.78. The number of hydrogen-bond acceptors (Lipinski definition) is 4. The van der Waals surface area contributed by atoms with E-state index < -0.39 is 0 Å². The maximum Gasteiger partial charge on any atom is 0.257 e. The Hall–Kier alpha value is -1.79. The van der Waals surface area contributed by atoms with E-state index in [0.29, 0.717) is 32.4 Å². The lowest BCUT2D eigenvalue weighted by Crippen LogP contribution is -2.13. The van der Waals surface area contributed by atoms with Gasteiger partial charge >= 0.3 is 0 Å². The highest BCUT2D eigenvalue weighted by Gasteiger charge is 2.13. The minimum atomic E-state index is -0.311. The normalized spacial score (nSPS) is 10.1. The summed E-state index contributed by atoms with van der Waals surface area (Å²) in [5.74, 6) is 0.612. The highest BCUT2D eigenvalue weighted by molar-refractivity contribution is 9.10. The molecule has 0 atom stereocenters. The van der Waals surface area contributed by atoms with Gasteiger partial charge in [-0.15, -0.1) is 0 Å².